The standard InChI is InChI=1S/C14H22N2O4S/c1-11(9-13-6-4-8-20-13)15-14(17)12-5-3-7-16(10-12)21(2,18)19/h4,6,8,11-12H,3,5,7,9-10H2,1-2H3,(H,15,17). The van der Waals surface area contributed by atoms with Gasteiger partial charge >= 0.3 is 0 Å². The average Bonchev–Trinajstić information content (AvgIpc) is 2.90. The van der Waals surface area contributed by atoms with Crippen molar-refractivity contribution in [3.05, 3.63) is 24.2 Å². The highest BCUT2D eigenvalue weighted by Crippen LogP contribution is 2.19. The van der Waals surface area contributed by atoms with E-state index in [1.807, 2.05) is 19.1 Å². The summed E-state index contributed by atoms with van der Waals surface area (Å²) >= 11 is 0. The number of sulfonamides is 1. The second kappa shape index (κ2) is 6.62. The Morgan fingerprint density at radius 2 is 2.33 bits per heavy atom. The maximum absolute atomic E-state index is 12.2. The van der Waals surface area contributed by atoms with Crippen molar-refractivity contribution in [2.75, 3.05) is 19.3 Å². The maximum atomic E-state index is 12.2. The largest absolute Gasteiger partial charge is 0.469 e. The van der Waals surface area contributed by atoms with Crippen molar-refractivity contribution in [1.82, 2.24) is 9.62 Å². The highest BCUT2D eigenvalue weighted by Gasteiger charge is 2.30. The van der Waals surface area contributed by atoms with Gasteiger partial charge < -0.3 is 9.73 Å². The fourth-order valence-corrected chi connectivity index (χ4v) is 3.51. The molecule has 7 heteroatoms. The highest BCUT2D eigenvalue weighted by atomic mass is 32.2. The third kappa shape index (κ3) is 4.57. The number of hydrogen-bond donors (Lipinski definition) is 1. The quantitative estimate of drug-likeness (QED) is 0.879. The first-order chi connectivity index (χ1) is 9.86. The number of furan rings is 1. The summed E-state index contributed by atoms with van der Waals surface area (Å²) in [7, 11) is -3.22. The van der Waals surface area contributed by atoms with Crippen LogP contribution < -0.4 is 5.32 Å². The second-order valence-electron chi connectivity index (χ2n) is 5.65. The van der Waals surface area contributed by atoms with E-state index in [-0.39, 0.29) is 24.4 Å². The lowest BCUT2D eigenvalue weighted by atomic mass is 9.98. The van der Waals surface area contributed by atoms with E-state index >= 15 is 0 Å². The fourth-order valence-electron chi connectivity index (χ4n) is 2.60. The van der Waals surface area contributed by atoms with Crippen LogP contribution in [0.15, 0.2) is 22.8 Å². The molecule has 1 fully saturated rings. The maximum Gasteiger partial charge on any atom is 0.224 e. The molecule has 2 rings (SSSR count). The molecular weight excluding hydrogens is 292 g/mol. The normalized spacial score (nSPS) is 21.9. The van der Waals surface area contributed by atoms with Crippen LogP contribution in [0.5, 0.6) is 0 Å². The predicted molar refractivity (Wildman–Crippen MR) is 79.2 cm³/mol. The van der Waals surface area contributed by atoms with Crippen LogP contribution in [-0.2, 0) is 21.2 Å². The molecule has 0 aliphatic carbocycles. The summed E-state index contributed by atoms with van der Waals surface area (Å²) in [6.07, 6.45) is 4.87. The first kappa shape index (κ1) is 16.0. The van der Waals surface area contributed by atoms with Gasteiger partial charge in [-0.25, -0.2) is 12.7 Å². The summed E-state index contributed by atoms with van der Waals surface area (Å²) in [5, 5.41) is 2.94. The highest BCUT2D eigenvalue weighted by molar-refractivity contribution is 7.88. The molecule has 6 nitrogen and oxygen atoms in total. The SMILES string of the molecule is CC(Cc1ccco1)NC(=O)C1CCCN(S(C)(=O)=O)C1. The van der Waals surface area contributed by atoms with E-state index in [0.717, 1.165) is 18.6 Å². The van der Waals surface area contributed by atoms with E-state index < -0.39 is 10.0 Å². The van der Waals surface area contributed by atoms with Crippen LogP contribution >= 0.6 is 0 Å². The lowest BCUT2D eigenvalue weighted by Gasteiger charge is -2.30. The molecule has 21 heavy (non-hydrogen) atoms. The molecule has 2 atom stereocenters. The molecule has 1 aromatic heterocycles. The van der Waals surface area contributed by atoms with Gasteiger partial charge in [-0.3, -0.25) is 4.79 Å². The van der Waals surface area contributed by atoms with Crippen molar-refractivity contribution in [3.8, 4) is 0 Å². The molecule has 0 spiro atoms. The molecule has 0 aromatic carbocycles. The van der Waals surface area contributed by atoms with E-state index in [9.17, 15) is 13.2 Å². The molecule has 2 unspecified atom stereocenters. The van der Waals surface area contributed by atoms with E-state index in [0.29, 0.717) is 13.0 Å². The Morgan fingerprint density at radius 3 is 2.95 bits per heavy atom. The molecule has 1 aromatic rings. The topological polar surface area (TPSA) is 79.6 Å². The third-order valence-electron chi connectivity index (χ3n) is 3.70. The molecule has 1 N–H and O–H groups in total. The number of piperidine rings is 1. The van der Waals surface area contributed by atoms with Crippen molar-refractivity contribution in [2.45, 2.75) is 32.2 Å². The van der Waals surface area contributed by atoms with E-state index in [2.05, 4.69) is 5.32 Å². The summed E-state index contributed by atoms with van der Waals surface area (Å²) < 4.78 is 29.8. The number of nitrogens with one attached hydrogen (secondary N) is 1. The Kier molecular flexibility index (Phi) is 5.05. The minimum atomic E-state index is -3.22. The zero-order valence-electron chi connectivity index (χ0n) is 12.4. The summed E-state index contributed by atoms with van der Waals surface area (Å²) in [6.45, 7) is 2.69. The summed E-state index contributed by atoms with van der Waals surface area (Å²) in [6, 6.07) is 3.64. The lowest BCUT2D eigenvalue weighted by molar-refractivity contribution is -0.126. The Labute approximate surface area is 125 Å². The summed E-state index contributed by atoms with van der Waals surface area (Å²) in [5.41, 5.74) is 0. The van der Waals surface area contributed by atoms with Crippen LogP contribution in [0.25, 0.3) is 0 Å². The monoisotopic (exact) mass is 314 g/mol. The van der Waals surface area contributed by atoms with Crippen molar-refractivity contribution in [3.63, 3.8) is 0 Å². The number of rotatable bonds is 5. The lowest BCUT2D eigenvalue weighted by Crippen LogP contribution is -2.47. The van der Waals surface area contributed by atoms with Gasteiger partial charge in [0.1, 0.15) is 5.76 Å². The fraction of sp³-hybridized carbons (Fsp3) is 0.643. The second-order valence-corrected chi connectivity index (χ2v) is 7.64. The Morgan fingerprint density at radius 1 is 1.57 bits per heavy atom. The zero-order valence-corrected chi connectivity index (χ0v) is 13.2. The van der Waals surface area contributed by atoms with Gasteiger partial charge in [-0.05, 0) is 31.9 Å². The van der Waals surface area contributed by atoms with Gasteiger partial charge in [0.15, 0.2) is 0 Å². The number of carbonyl (C=O) groups excluding carboxylic acids is 1. The first-order valence-electron chi connectivity index (χ1n) is 7.14. The molecule has 0 saturated carbocycles. The van der Waals surface area contributed by atoms with Gasteiger partial charge in [-0.15, -0.1) is 0 Å². The van der Waals surface area contributed by atoms with Gasteiger partial charge in [0, 0.05) is 25.6 Å². The molecule has 118 valence electrons. The molecule has 2 heterocycles. The van der Waals surface area contributed by atoms with Crippen molar-refractivity contribution in [2.24, 2.45) is 5.92 Å². The first-order valence-corrected chi connectivity index (χ1v) is 8.99. The molecule has 1 aliphatic rings. The average molecular weight is 314 g/mol. The molecule has 0 bridgehead atoms. The van der Waals surface area contributed by atoms with Gasteiger partial charge in [0.05, 0.1) is 18.4 Å². The summed E-state index contributed by atoms with van der Waals surface area (Å²) in [4.78, 5) is 12.2. The molecular formula is C14H22N2O4S. The minimum absolute atomic E-state index is 0.0442. The zero-order chi connectivity index (χ0) is 15.5. The van der Waals surface area contributed by atoms with E-state index in [1.165, 1.54) is 10.6 Å². The van der Waals surface area contributed by atoms with E-state index in [4.69, 9.17) is 4.42 Å². The van der Waals surface area contributed by atoms with Gasteiger partial charge in [-0.2, -0.15) is 0 Å². The molecule has 1 saturated heterocycles. The van der Waals surface area contributed by atoms with Crippen LogP contribution in [0, 0.1) is 5.92 Å². The van der Waals surface area contributed by atoms with Gasteiger partial charge in [-0.1, -0.05) is 0 Å². The Balaban J connectivity index is 1.87. The van der Waals surface area contributed by atoms with Crippen LogP contribution in [-0.4, -0.2) is 44.0 Å². The van der Waals surface area contributed by atoms with Crippen LogP contribution in [0.2, 0.25) is 0 Å². The van der Waals surface area contributed by atoms with Crippen molar-refractivity contribution < 1.29 is 17.6 Å². The molecule has 1 amide bonds. The van der Waals surface area contributed by atoms with Crippen molar-refractivity contribution in [1.29, 1.82) is 0 Å². The number of nitrogens with zero attached hydrogens (tertiary/aromatic N) is 1. The smallest absolute Gasteiger partial charge is 0.224 e. The van der Waals surface area contributed by atoms with Crippen LogP contribution in [0.4, 0.5) is 0 Å². The number of carbonyl (C=O) groups is 1. The van der Waals surface area contributed by atoms with E-state index in [1.54, 1.807) is 6.26 Å². The van der Waals surface area contributed by atoms with Crippen molar-refractivity contribution >= 4 is 15.9 Å². The molecule has 1 aliphatic heterocycles. The van der Waals surface area contributed by atoms with Crippen LogP contribution in [0.1, 0.15) is 25.5 Å². The van der Waals surface area contributed by atoms with Crippen LogP contribution in [0.3, 0.4) is 0 Å². The number of hydrogen-bond acceptors (Lipinski definition) is 4. The van der Waals surface area contributed by atoms with Gasteiger partial charge in [0.2, 0.25) is 15.9 Å². The molecule has 0 radical (unpaired) electrons. The third-order valence-corrected chi connectivity index (χ3v) is 4.97. The minimum Gasteiger partial charge on any atom is -0.469 e. The Hall–Kier alpha value is -1.34. The summed E-state index contributed by atoms with van der Waals surface area (Å²) in [5.74, 6) is 0.471. The Bertz CT molecular complexity index is 568. The van der Waals surface area contributed by atoms with Gasteiger partial charge in [0.25, 0.3) is 0 Å². The number of amides is 1. The predicted octanol–water partition coefficient (Wildman–Crippen LogP) is 0.998.